The number of nitrogens with two attached hydrogens (primary N) is 1. The Morgan fingerprint density at radius 3 is 2.73 bits per heavy atom. The van der Waals surface area contributed by atoms with Crippen molar-refractivity contribution in [1.82, 2.24) is 0 Å². The highest BCUT2D eigenvalue weighted by molar-refractivity contribution is 9.10. The lowest BCUT2D eigenvalue weighted by atomic mass is 10.2. The standard InChI is InChI=1S/C18H14BrClN2O3S/c1-24-14-6-11(7-16-17(23)22-18(21)26-16)12(19)8-15(14)25-9-10-4-2-3-5-13(10)20/h2-8H,9H2,1H3,(H2,21,22,23)/b16-7+. The van der Waals surface area contributed by atoms with Gasteiger partial charge in [0.05, 0.1) is 12.0 Å². The van der Waals surface area contributed by atoms with Crippen molar-refractivity contribution in [2.24, 2.45) is 10.7 Å². The quantitative estimate of drug-likeness (QED) is 0.669. The van der Waals surface area contributed by atoms with Gasteiger partial charge in [0.15, 0.2) is 16.7 Å². The van der Waals surface area contributed by atoms with E-state index >= 15 is 0 Å². The maximum Gasteiger partial charge on any atom is 0.286 e. The number of nitrogens with zero attached hydrogens (tertiary/aromatic N) is 1. The van der Waals surface area contributed by atoms with Gasteiger partial charge in [-0.3, -0.25) is 4.79 Å². The Bertz CT molecular complexity index is 931. The lowest BCUT2D eigenvalue weighted by Crippen LogP contribution is -2.01. The summed E-state index contributed by atoms with van der Waals surface area (Å²) in [6.07, 6.45) is 1.71. The van der Waals surface area contributed by atoms with Gasteiger partial charge in [-0.1, -0.05) is 45.7 Å². The molecule has 0 bridgehead atoms. The van der Waals surface area contributed by atoms with Gasteiger partial charge in [0.25, 0.3) is 5.91 Å². The Morgan fingerprint density at radius 1 is 1.31 bits per heavy atom. The van der Waals surface area contributed by atoms with Crippen LogP contribution in [0, 0.1) is 0 Å². The van der Waals surface area contributed by atoms with Crippen molar-refractivity contribution in [1.29, 1.82) is 0 Å². The first-order valence-corrected chi connectivity index (χ1v) is 9.48. The molecule has 0 atom stereocenters. The summed E-state index contributed by atoms with van der Waals surface area (Å²) in [6, 6.07) is 11.0. The molecule has 0 radical (unpaired) electrons. The summed E-state index contributed by atoms with van der Waals surface area (Å²) in [5.41, 5.74) is 7.21. The maximum atomic E-state index is 11.8. The Balaban J connectivity index is 1.85. The van der Waals surface area contributed by atoms with Crippen molar-refractivity contribution in [3.63, 3.8) is 0 Å². The number of aliphatic imine (C=N–C) groups is 1. The molecule has 2 aromatic rings. The predicted octanol–water partition coefficient (Wildman–Crippen LogP) is 4.62. The monoisotopic (exact) mass is 452 g/mol. The van der Waals surface area contributed by atoms with Crippen LogP contribution in [0.4, 0.5) is 0 Å². The molecule has 8 heteroatoms. The molecule has 1 amide bonds. The lowest BCUT2D eigenvalue weighted by Gasteiger charge is -2.13. The first kappa shape index (κ1) is 18.8. The molecule has 1 aliphatic heterocycles. The fourth-order valence-corrected chi connectivity index (χ4v) is 3.57. The minimum absolute atomic E-state index is 0.240. The minimum atomic E-state index is -0.350. The van der Waals surface area contributed by atoms with Crippen LogP contribution in [-0.4, -0.2) is 18.2 Å². The van der Waals surface area contributed by atoms with E-state index in [1.165, 1.54) is 0 Å². The van der Waals surface area contributed by atoms with Crippen LogP contribution >= 0.6 is 39.3 Å². The highest BCUT2D eigenvalue weighted by atomic mass is 79.9. The van der Waals surface area contributed by atoms with Gasteiger partial charge in [0, 0.05) is 15.1 Å². The van der Waals surface area contributed by atoms with Gasteiger partial charge in [0.1, 0.15) is 6.61 Å². The first-order chi connectivity index (χ1) is 12.5. The molecule has 0 aliphatic carbocycles. The number of hydrogen-bond donors (Lipinski definition) is 1. The number of hydrogen-bond acceptors (Lipinski definition) is 5. The second-order valence-electron chi connectivity index (χ2n) is 5.27. The number of ether oxygens (including phenoxy) is 2. The van der Waals surface area contributed by atoms with Crippen LogP contribution in [0.25, 0.3) is 6.08 Å². The second-order valence-corrected chi connectivity index (χ2v) is 7.59. The highest BCUT2D eigenvalue weighted by Gasteiger charge is 2.20. The zero-order valence-electron chi connectivity index (χ0n) is 13.7. The number of halogens is 2. The SMILES string of the molecule is COc1cc(/C=C2/SC(N)=NC2=O)c(Br)cc1OCc1ccccc1Cl. The third-order valence-corrected chi connectivity index (χ3v) is 5.42. The van der Waals surface area contributed by atoms with Gasteiger partial charge in [-0.15, -0.1) is 0 Å². The Labute approximate surface area is 168 Å². The third-order valence-electron chi connectivity index (χ3n) is 3.55. The fraction of sp³-hybridized carbons (Fsp3) is 0.111. The average molecular weight is 454 g/mol. The number of carbonyl (C=O) groups excluding carboxylic acids is 1. The summed E-state index contributed by atoms with van der Waals surface area (Å²) < 4.78 is 12.0. The van der Waals surface area contributed by atoms with E-state index < -0.39 is 0 Å². The van der Waals surface area contributed by atoms with Gasteiger partial charge in [-0.2, -0.15) is 4.99 Å². The highest BCUT2D eigenvalue weighted by Crippen LogP contribution is 2.37. The Hall–Kier alpha value is -1.96. The summed E-state index contributed by atoms with van der Waals surface area (Å²) in [6.45, 7) is 0.307. The van der Waals surface area contributed by atoms with Gasteiger partial charge in [-0.05, 0) is 41.6 Å². The second kappa shape index (κ2) is 8.16. The molecule has 0 fully saturated rings. The topological polar surface area (TPSA) is 73.9 Å². The van der Waals surface area contributed by atoms with Crippen LogP contribution in [0.5, 0.6) is 11.5 Å². The molecular weight excluding hydrogens is 440 g/mol. The van der Waals surface area contributed by atoms with E-state index in [4.69, 9.17) is 26.8 Å². The molecule has 134 valence electrons. The number of benzene rings is 2. The molecule has 1 heterocycles. The molecule has 2 N–H and O–H groups in total. The lowest BCUT2D eigenvalue weighted by molar-refractivity contribution is -0.113. The number of thioether (sulfide) groups is 1. The molecule has 0 unspecified atom stereocenters. The number of amides is 1. The summed E-state index contributed by atoms with van der Waals surface area (Å²) in [5.74, 6) is 0.747. The molecule has 26 heavy (non-hydrogen) atoms. The van der Waals surface area contributed by atoms with Gasteiger partial charge < -0.3 is 15.2 Å². The van der Waals surface area contributed by atoms with Crippen LogP contribution in [0.3, 0.4) is 0 Å². The van der Waals surface area contributed by atoms with Gasteiger partial charge >= 0.3 is 0 Å². The van der Waals surface area contributed by atoms with E-state index in [1.54, 1.807) is 25.3 Å². The van der Waals surface area contributed by atoms with Crippen LogP contribution in [0.1, 0.15) is 11.1 Å². The number of rotatable bonds is 5. The minimum Gasteiger partial charge on any atom is -0.493 e. The molecule has 0 saturated heterocycles. The predicted molar refractivity (Wildman–Crippen MR) is 109 cm³/mol. The number of carbonyl (C=O) groups is 1. The average Bonchev–Trinajstić information content (AvgIpc) is 2.93. The normalized spacial score (nSPS) is 15.3. The van der Waals surface area contributed by atoms with Crippen LogP contribution in [-0.2, 0) is 11.4 Å². The van der Waals surface area contributed by atoms with Crippen molar-refractivity contribution in [2.45, 2.75) is 6.61 Å². The van der Waals surface area contributed by atoms with Crippen molar-refractivity contribution in [3.8, 4) is 11.5 Å². The van der Waals surface area contributed by atoms with E-state index in [9.17, 15) is 4.79 Å². The molecule has 0 spiro atoms. The summed E-state index contributed by atoms with van der Waals surface area (Å²) >= 11 is 10.8. The van der Waals surface area contributed by atoms with E-state index in [1.807, 2.05) is 24.3 Å². The molecule has 3 rings (SSSR count). The molecule has 0 aromatic heterocycles. The number of amidine groups is 1. The third kappa shape index (κ3) is 4.23. The summed E-state index contributed by atoms with van der Waals surface area (Å²) in [7, 11) is 1.55. The largest absolute Gasteiger partial charge is 0.493 e. The van der Waals surface area contributed by atoms with E-state index in [0.717, 1.165) is 27.4 Å². The van der Waals surface area contributed by atoms with Crippen molar-refractivity contribution in [3.05, 3.63) is 61.9 Å². The molecule has 0 saturated carbocycles. The molecule has 1 aliphatic rings. The molecular formula is C18H14BrClN2O3S. The van der Waals surface area contributed by atoms with Crippen LogP contribution in [0.2, 0.25) is 5.02 Å². The van der Waals surface area contributed by atoms with E-state index in [-0.39, 0.29) is 11.1 Å². The molecule has 2 aromatic carbocycles. The van der Waals surface area contributed by atoms with E-state index in [2.05, 4.69) is 20.9 Å². The van der Waals surface area contributed by atoms with Crippen molar-refractivity contribution < 1.29 is 14.3 Å². The maximum absolute atomic E-state index is 11.8. The summed E-state index contributed by atoms with van der Waals surface area (Å²) in [5, 5.41) is 0.880. The smallest absolute Gasteiger partial charge is 0.286 e. The van der Waals surface area contributed by atoms with Crippen molar-refractivity contribution in [2.75, 3.05) is 7.11 Å². The molecule has 5 nitrogen and oxygen atoms in total. The van der Waals surface area contributed by atoms with Crippen LogP contribution < -0.4 is 15.2 Å². The fourth-order valence-electron chi connectivity index (χ4n) is 2.27. The Kier molecular flexibility index (Phi) is 5.90. The zero-order chi connectivity index (χ0) is 18.7. The van der Waals surface area contributed by atoms with E-state index in [0.29, 0.717) is 28.0 Å². The summed E-state index contributed by atoms with van der Waals surface area (Å²) in [4.78, 5) is 15.9. The van der Waals surface area contributed by atoms with Crippen LogP contribution in [0.15, 0.2) is 50.8 Å². The van der Waals surface area contributed by atoms with Gasteiger partial charge in [0.2, 0.25) is 0 Å². The van der Waals surface area contributed by atoms with Crippen molar-refractivity contribution >= 4 is 56.4 Å². The first-order valence-electron chi connectivity index (χ1n) is 7.49. The number of methoxy groups -OCH3 is 1. The zero-order valence-corrected chi connectivity index (χ0v) is 16.8. The van der Waals surface area contributed by atoms with Gasteiger partial charge in [-0.25, -0.2) is 0 Å². The Morgan fingerprint density at radius 2 is 2.08 bits per heavy atom.